The van der Waals surface area contributed by atoms with Gasteiger partial charge in [0.25, 0.3) is 0 Å². The highest BCUT2D eigenvalue weighted by molar-refractivity contribution is 5.91. The molecule has 3 aromatic rings. The highest BCUT2D eigenvalue weighted by Crippen LogP contribution is 2.46. The lowest BCUT2D eigenvalue weighted by molar-refractivity contribution is -0.0189. The first-order valence-corrected chi connectivity index (χ1v) is 10.2. The first kappa shape index (κ1) is 23.5. The number of rotatable bonds is 5. The number of esters is 1. The van der Waals surface area contributed by atoms with Crippen LogP contribution in [0.5, 0.6) is 51.7 Å². The fourth-order valence-corrected chi connectivity index (χ4v) is 3.96. The standard InChI is InChI=1S/C24H22O11/c1-32-22-15(27)3-10(4-16(22)28)21-20(9-13-14(26)7-12(25)8-19(13)34-21)35-24(31)11-5-17(29)23(33-2)18(30)6-11/h3-8,20-21,25-30H,9H2,1-2H3/t20-,21-/m1/s1. The van der Waals surface area contributed by atoms with E-state index in [4.69, 9.17) is 18.9 Å². The van der Waals surface area contributed by atoms with Gasteiger partial charge in [0.05, 0.1) is 19.8 Å². The number of carbonyl (C=O) groups excluding carboxylic acids is 1. The van der Waals surface area contributed by atoms with E-state index < -0.39 is 41.2 Å². The van der Waals surface area contributed by atoms with Crippen LogP contribution in [0.2, 0.25) is 0 Å². The van der Waals surface area contributed by atoms with Crippen molar-refractivity contribution in [1.82, 2.24) is 0 Å². The first-order valence-electron chi connectivity index (χ1n) is 10.2. The van der Waals surface area contributed by atoms with Crippen molar-refractivity contribution in [2.45, 2.75) is 18.6 Å². The van der Waals surface area contributed by atoms with Crippen LogP contribution in [0.1, 0.15) is 27.6 Å². The van der Waals surface area contributed by atoms with Crippen LogP contribution >= 0.6 is 0 Å². The minimum absolute atomic E-state index is 0.0699. The summed E-state index contributed by atoms with van der Waals surface area (Å²) in [7, 11) is 2.50. The van der Waals surface area contributed by atoms with Crippen LogP contribution in [0.4, 0.5) is 0 Å². The van der Waals surface area contributed by atoms with E-state index in [9.17, 15) is 35.4 Å². The van der Waals surface area contributed by atoms with Gasteiger partial charge in [-0.1, -0.05) is 0 Å². The van der Waals surface area contributed by atoms with Crippen molar-refractivity contribution in [3.63, 3.8) is 0 Å². The Hall–Kier alpha value is -4.67. The van der Waals surface area contributed by atoms with Gasteiger partial charge in [-0.05, 0) is 24.3 Å². The third-order valence-corrected chi connectivity index (χ3v) is 5.52. The van der Waals surface area contributed by atoms with Crippen molar-refractivity contribution < 1.29 is 54.4 Å². The molecule has 0 aromatic heterocycles. The maximum atomic E-state index is 12.9. The molecule has 4 rings (SSSR count). The Balaban J connectivity index is 1.74. The summed E-state index contributed by atoms with van der Waals surface area (Å²) < 4.78 is 21.3. The summed E-state index contributed by atoms with van der Waals surface area (Å²) in [6.07, 6.45) is -2.28. The van der Waals surface area contributed by atoms with Crippen LogP contribution in [-0.4, -0.2) is 56.9 Å². The average Bonchev–Trinajstić information content (AvgIpc) is 2.78. The van der Waals surface area contributed by atoms with Gasteiger partial charge >= 0.3 is 5.97 Å². The van der Waals surface area contributed by atoms with Gasteiger partial charge in [-0.25, -0.2) is 4.79 Å². The molecular weight excluding hydrogens is 464 g/mol. The molecule has 11 heteroatoms. The third kappa shape index (κ3) is 4.31. The molecule has 35 heavy (non-hydrogen) atoms. The van der Waals surface area contributed by atoms with E-state index >= 15 is 0 Å². The summed E-state index contributed by atoms with van der Waals surface area (Å²) in [5.41, 5.74) is 0.257. The number of aromatic hydroxyl groups is 6. The van der Waals surface area contributed by atoms with Gasteiger partial charge in [0.15, 0.2) is 29.1 Å². The van der Waals surface area contributed by atoms with E-state index in [-0.39, 0.29) is 51.9 Å². The van der Waals surface area contributed by atoms with Crippen molar-refractivity contribution in [3.8, 4) is 51.7 Å². The Labute approximate surface area is 198 Å². The smallest absolute Gasteiger partial charge is 0.338 e. The van der Waals surface area contributed by atoms with Crippen LogP contribution in [0.3, 0.4) is 0 Å². The number of ether oxygens (including phenoxy) is 4. The Morgan fingerprint density at radius 1 is 0.800 bits per heavy atom. The van der Waals surface area contributed by atoms with Crippen molar-refractivity contribution >= 4 is 5.97 Å². The summed E-state index contributed by atoms with van der Waals surface area (Å²) in [5.74, 6) is -3.55. The van der Waals surface area contributed by atoms with Crippen molar-refractivity contribution in [2.75, 3.05) is 14.2 Å². The Morgan fingerprint density at radius 2 is 1.34 bits per heavy atom. The SMILES string of the molecule is COc1c(O)cc(C(=O)O[C@@H]2Cc3c(O)cc(O)cc3O[C@@H]2c2cc(O)c(OC)c(O)c2)cc1O. The zero-order valence-electron chi connectivity index (χ0n) is 18.6. The summed E-state index contributed by atoms with van der Waals surface area (Å²) in [6, 6.07) is 6.97. The van der Waals surface area contributed by atoms with Crippen LogP contribution in [0, 0.1) is 0 Å². The van der Waals surface area contributed by atoms with Crippen molar-refractivity contribution in [1.29, 1.82) is 0 Å². The molecule has 1 aliphatic heterocycles. The molecule has 0 radical (unpaired) electrons. The van der Waals surface area contributed by atoms with Gasteiger partial charge in [0.1, 0.15) is 23.4 Å². The molecule has 0 fully saturated rings. The summed E-state index contributed by atoms with van der Waals surface area (Å²) >= 11 is 0. The summed E-state index contributed by atoms with van der Waals surface area (Å²) in [6.45, 7) is 0. The zero-order chi connectivity index (χ0) is 25.4. The second-order valence-electron chi connectivity index (χ2n) is 7.77. The maximum absolute atomic E-state index is 12.9. The second kappa shape index (κ2) is 8.93. The van der Waals surface area contributed by atoms with E-state index in [1.165, 1.54) is 32.4 Å². The normalized spacial score (nSPS) is 16.6. The lowest BCUT2D eigenvalue weighted by atomic mass is 9.93. The molecule has 0 bridgehead atoms. The summed E-state index contributed by atoms with van der Waals surface area (Å²) in [5, 5.41) is 60.7. The molecule has 0 saturated heterocycles. The van der Waals surface area contributed by atoms with E-state index in [0.29, 0.717) is 0 Å². The van der Waals surface area contributed by atoms with Crippen molar-refractivity contribution in [2.24, 2.45) is 0 Å². The summed E-state index contributed by atoms with van der Waals surface area (Å²) in [4.78, 5) is 12.9. The van der Waals surface area contributed by atoms with Gasteiger partial charge in [-0.15, -0.1) is 0 Å². The molecule has 2 atom stereocenters. The molecule has 0 amide bonds. The van der Waals surface area contributed by atoms with Crippen LogP contribution in [-0.2, 0) is 11.2 Å². The van der Waals surface area contributed by atoms with E-state index in [1.807, 2.05) is 0 Å². The molecule has 6 N–H and O–H groups in total. The van der Waals surface area contributed by atoms with E-state index in [1.54, 1.807) is 0 Å². The number of hydrogen-bond acceptors (Lipinski definition) is 11. The highest BCUT2D eigenvalue weighted by Gasteiger charge is 2.37. The first-order chi connectivity index (χ1) is 16.6. The Bertz CT molecular complexity index is 1250. The largest absolute Gasteiger partial charge is 0.508 e. The van der Waals surface area contributed by atoms with E-state index in [0.717, 1.165) is 18.2 Å². The van der Waals surface area contributed by atoms with Gasteiger partial charge < -0.3 is 49.6 Å². The predicted molar refractivity (Wildman–Crippen MR) is 119 cm³/mol. The lowest BCUT2D eigenvalue weighted by Crippen LogP contribution is -2.34. The second-order valence-corrected chi connectivity index (χ2v) is 7.77. The molecule has 0 spiro atoms. The zero-order valence-corrected chi connectivity index (χ0v) is 18.6. The molecule has 0 aliphatic carbocycles. The van der Waals surface area contributed by atoms with Crippen LogP contribution < -0.4 is 14.2 Å². The minimum Gasteiger partial charge on any atom is -0.508 e. The molecule has 0 unspecified atom stereocenters. The van der Waals surface area contributed by atoms with Gasteiger partial charge in [0.2, 0.25) is 11.5 Å². The topological polar surface area (TPSA) is 175 Å². The lowest BCUT2D eigenvalue weighted by Gasteiger charge is -2.34. The number of fused-ring (bicyclic) bond motifs is 1. The fraction of sp³-hybridized carbons (Fsp3) is 0.208. The molecule has 1 aliphatic rings. The number of hydrogen-bond donors (Lipinski definition) is 6. The molecule has 184 valence electrons. The number of phenolic OH excluding ortho intramolecular Hbond substituents is 6. The van der Waals surface area contributed by atoms with Gasteiger partial charge in [-0.3, -0.25) is 0 Å². The molecule has 3 aromatic carbocycles. The number of methoxy groups -OCH3 is 2. The Kier molecular flexibility index (Phi) is 6.00. The van der Waals surface area contributed by atoms with Gasteiger partial charge in [-0.2, -0.15) is 0 Å². The Morgan fingerprint density at radius 3 is 1.89 bits per heavy atom. The van der Waals surface area contributed by atoms with Crippen molar-refractivity contribution in [3.05, 3.63) is 53.1 Å². The van der Waals surface area contributed by atoms with Crippen LogP contribution in [0.25, 0.3) is 0 Å². The number of phenols is 6. The fourth-order valence-electron chi connectivity index (χ4n) is 3.96. The van der Waals surface area contributed by atoms with Gasteiger partial charge in [0, 0.05) is 29.7 Å². The van der Waals surface area contributed by atoms with E-state index in [2.05, 4.69) is 0 Å². The highest BCUT2D eigenvalue weighted by atomic mass is 16.6. The quantitative estimate of drug-likeness (QED) is 0.292. The predicted octanol–water partition coefficient (Wildman–Crippen LogP) is 2.84. The third-order valence-electron chi connectivity index (χ3n) is 5.52. The molecule has 1 heterocycles. The van der Waals surface area contributed by atoms with Crippen LogP contribution in [0.15, 0.2) is 36.4 Å². The minimum atomic E-state index is -1.11. The number of benzene rings is 3. The maximum Gasteiger partial charge on any atom is 0.338 e. The molecule has 11 nitrogen and oxygen atoms in total. The average molecular weight is 486 g/mol. The molecule has 0 saturated carbocycles. The monoisotopic (exact) mass is 486 g/mol. The number of carbonyl (C=O) groups is 1. The molecular formula is C24H22O11.